The van der Waals surface area contributed by atoms with Crippen molar-refractivity contribution in [2.24, 2.45) is 17.4 Å². The van der Waals surface area contributed by atoms with Crippen molar-refractivity contribution in [2.75, 3.05) is 13.1 Å². The highest BCUT2D eigenvalue weighted by Crippen LogP contribution is 2.04. The van der Waals surface area contributed by atoms with Crippen LogP contribution in [0.5, 0.6) is 0 Å². The van der Waals surface area contributed by atoms with Gasteiger partial charge in [-0.05, 0) is 5.92 Å². The minimum atomic E-state index is -0.401. The van der Waals surface area contributed by atoms with Gasteiger partial charge in [-0.3, -0.25) is 4.79 Å². The SMILES string of the molecule is CCC(C)[C@H](N)C(=O)NCCN. The van der Waals surface area contributed by atoms with Crippen molar-refractivity contribution in [1.29, 1.82) is 0 Å². The third-order valence-electron chi connectivity index (χ3n) is 2.00. The molecule has 0 aliphatic carbocycles. The molecule has 1 unspecified atom stereocenters. The predicted octanol–water partition coefficient (Wildman–Crippen LogP) is -0.565. The van der Waals surface area contributed by atoms with Crippen molar-refractivity contribution in [3.63, 3.8) is 0 Å². The van der Waals surface area contributed by atoms with E-state index in [1.165, 1.54) is 0 Å². The third kappa shape index (κ3) is 3.69. The summed E-state index contributed by atoms with van der Waals surface area (Å²) in [5.74, 6) is 0.123. The van der Waals surface area contributed by atoms with E-state index in [1.54, 1.807) is 0 Å². The predicted molar refractivity (Wildman–Crippen MR) is 49.5 cm³/mol. The molecule has 5 N–H and O–H groups in total. The van der Waals surface area contributed by atoms with Gasteiger partial charge in [0.15, 0.2) is 0 Å². The average molecular weight is 173 g/mol. The molecule has 1 amide bonds. The molecule has 0 spiro atoms. The Balaban J connectivity index is 3.75. The van der Waals surface area contributed by atoms with Gasteiger partial charge < -0.3 is 16.8 Å². The first-order valence-corrected chi connectivity index (χ1v) is 4.36. The zero-order valence-corrected chi connectivity index (χ0v) is 7.84. The maximum absolute atomic E-state index is 11.2. The second-order valence-corrected chi connectivity index (χ2v) is 2.99. The summed E-state index contributed by atoms with van der Waals surface area (Å²) in [6.45, 7) is 4.94. The molecule has 0 aromatic carbocycles. The zero-order chi connectivity index (χ0) is 9.56. The lowest BCUT2D eigenvalue weighted by atomic mass is 9.99. The van der Waals surface area contributed by atoms with Crippen molar-refractivity contribution < 1.29 is 4.79 Å². The zero-order valence-electron chi connectivity index (χ0n) is 7.84. The van der Waals surface area contributed by atoms with Crippen molar-refractivity contribution in [3.8, 4) is 0 Å². The molecule has 0 fully saturated rings. The summed E-state index contributed by atoms with van der Waals surface area (Å²) in [6, 6.07) is -0.401. The van der Waals surface area contributed by atoms with Crippen LogP contribution in [0.1, 0.15) is 20.3 Å². The molecule has 0 aromatic rings. The Morgan fingerprint density at radius 2 is 2.17 bits per heavy atom. The van der Waals surface area contributed by atoms with Gasteiger partial charge in [-0.1, -0.05) is 20.3 Å². The minimum absolute atomic E-state index is 0.102. The molecule has 0 radical (unpaired) electrons. The molecule has 0 saturated carbocycles. The monoisotopic (exact) mass is 173 g/mol. The smallest absolute Gasteiger partial charge is 0.237 e. The lowest BCUT2D eigenvalue weighted by Crippen LogP contribution is -2.45. The Morgan fingerprint density at radius 3 is 2.58 bits per heavy atom. The molecule has 0 saturated heterocycles. The van der Waals surface area contributed by atoms with Gasteiger partial charge in [0.1, 0.15) is 0 Å². The Kier molecular flexibility index (Phi) is 5.66. The molecule has 0 aliphatic rings. The molecule has 2 atom stereocenters. The van der Waals surface area contributed by atoms with Gasteiger partial charge in [-0.25, -0.2) is 0 Å². The van der Waals surface area contributed by atoms with E-state index in [-0.39, 0.29) is 11.8 Å². The van der Waals surface area contributed by atoms with Crippen molar-refractivity contribution in [1.82, 2.24) is 5.32 Å². The highest BCUT2D eigenvalue weighted by molar-refractivity contribution is 5.81. The van der Waals surface area contributed by atoms with Gasteiger partial charge in [-0.2, -0.15) is 0 Å². The van der Waals surface area contributed by atoms with Crippen LogP contribution < -0.4 is 16.8 Å². The van der Waals surface area contributed by atoms with E-state index in [1.807, 2.05) is 13.8 Å². The van der Waals surface area contributed by atoms with Crippen LogP contribution in [-0.4, -0.2) is 25.0 Å². The average Bonchev–Trinajstić information content (AvgIpc) is 2.11. The highest BCUT2D eigenvalue weighted by atomic mass is 16.2. The topological polar surface area (TPSA) is 81.1 Å². The first kappa shape index (κ1) is 11.4. The quantitative estimate of drug-likeness (QED) is 0.521. The molecule has 0 bridgehead atoms. The summed E-state index contributed by atoms with van der Waals surface area (Å²) < 4.78 is 0. The van der Waals surface area contributed by atoms with Crippen LogP contribution in [0.3, 0.4) is 0 Å². The van der Waals surface area contributed by atoms with E-state index < -0.39 is 6.04 Å². The second-order valence-electron chi connectivity index (χ2n) is 2.99. The summed E-state index contributed by atoms with van der Waals surface area (Å²) in [5, 5.41) is 2.66. The van der Waals surface area contributed by atoms with E-state index >= 15 is 0 Å². The normalized spacial score (nSPS) is 15.3. The van der Waals surface area contributed by atoms with Gasteiger partial charge >= 0.3 is 0 Å². The highest BCUT2D eigenvalue weighted by Gasteiger charge is 2.18. The lowest BCUT2D eigenvalue weighted by molar-refractivity contribution is -0.123. The van der Waals surface area contributed by atoms with E-state index in [0.717, 1.165) is 6.42 Å². The Labute approximate surface area is 73.7 Å². The van der Waals surface area contributed by atoms with Crippen LogP contribution in [0.4, 0.5) is 0 Å². The van der Waals surface area contributed by atoms with Gasteiger partial charge in [0.05, 0.1) is 6.04 Å². The Morgan fingerprint density at radius 1 is 1.58 bits per heavy atom. The number of hydrogen-bond acceptors (Lipinski definition) is 3. The first-order chi connectivity index (χ1) is 5.63. The third-order valence-corrected chi connectivity index (χ3v) is 2.00. The number of nitrogens with one attached hydrogen (secondary N) is 1. The van der Waals surface area contributed by atoms with Crippen molar-refractivity contribution in [2.45, 2.75) is 26.3 Å². The lowest BCUT2D eigenvalue weighted by Gasteiger charge is -2.17. The fourth-order valence-corrected chi connectivity index (χ4v) is 0.826. The molecular formula is C8H19N3O. The Hall–Kier alpha value is -0.610. The van der Waals surface area contributed by atoms with Crippen LogP contribution in [0, 0.1) is 5.92 Å². The number of amides is 1. The van der Waals surface area contributed by atoms with Crippen LogP contribution in [-0.2, 0) is 4.79 Å². The van der Waals surface area contributed by atoms with Crippen molar-refractivity contribution in [3.05, 3.63) is 0 Å². The fraction of sp³-hybridized carbons (Fsp3) is 0.875. The second kappa shape index (κ2) is 5.97. The van der Waals surface area contributed by atoms with Crippen molar-refractivity contribution >= 4 is 5.91 Å². The molecule has 72 valence electrons. The molecule has 0 heterocycles. The van der Waals surface area contributed by atoms with Crippen LogP contribution in [0.25, 0.3) is 0 Å². The Bertz CT molecular complexity index is 138. The number of rotatable bonds is 5. The van der Waals surface area contributed by atoms with Crippen LogP contribution >= 0.6 is 0 Å². The van der Waals surface area contributed by atoms with Crippen LogP contribution in [0.2, 0.25) is 0 Å². The van der Waals surface area contributed by atoms with E-state index in [0.29, 0.717) is 13.1 Å². The van der Waals surface area contributed by atoms with Gasteiger partial charge in [0.25, 0.3) is 0 Å². The maximum atomic E-state index is 11.2. The minimum Gasteiger partial charge on any atom is -0.353 e. The van der Waals surface area contributed by atoms with Gasteiger partial charge in [0.2, 0.25) is 5.91 Å². The summed E-state index contributed by atoms with van der Waals surface area (Å²) in [6.07, 6.45) is 0.914. The molecule has 0 rings (SSSR count). The first-order valence-electron chi connectivity index (χ1n) is 4.36. The van der Waals surface area contributed by atoms with E-state index in [4.69, 9.17) is 11.5 Å². The maximum Gasteiger partial charge on any atom is 0.237 e. The number of hydrogen-bond donors (Lipinski definition) is 3. The number of carbonyl (C=O) groups is 1. The molecule has 0 aromatic heterocycles. The van der Waals surface area contributed by atoms with E-state index in [2.05, 4.69) is 5.32 Å². The fourth-order valence-electron chi connectivity index (χ4n) is 0.826. The molecular weight excluding hydrogens is 154 g/mol. The molecule has 4 nitrogen and oxygen atoms in total. The van der Waals surface area contributed by atoms with Gasteiger partial charge in [-0.15, -0.1) is 0 Å². The summed E-state index contributed by atoms with van der Waals surface area (Å²) in [5.41, 5.74) is 10.9. The van der Waals surface area contributed by atoms with E-state index in [9.17, 15) is 4.79 Å². The summed E-state index contributed by atoms with van der Waals surface area (Å²) >= 11 is 0. The standard InChI is InChI=1S/C8H19N3O/c1-3-6(2)7(10)8(12)11-5-4-9/h6-7H,3-5,9-10H2,1-2H3,(H,11,12)/t6?,7-/m0/s1. The number of carbonyl (C=O) groups excluding carboxylic acids is 1. The molecule has 12 heavy (non-hydrogen) atoms. The molecule has 0 aliphatic heterocycles. The van der Waals surface area contributed by atoms with Gasteiger partial charge in [0, 0.05) is 13.1 Å². The van der Waals surface area contributed by atoms with Crippen LogP contribution in [0.15, 0.2) is 0 Å². The molecule has 4 heteroatoms. The summed E-state index contributed by atoms with van der Waals surface area (Å²) in [4.78, 5) is 11.2. The number of nitrogens with two attached hydrogens (primary N) is 2. The summed E-state index contributed by atoms with van der Waals surface area (Å²) in [7, 11) is 0. The largest absolute Gasteiger partial charge is 0.353 e.